The van der Waals surface area contributed by atoms with Crippen LogP contribution in [0.15, 0.2) is 0 Å². The lowest BCUT2D eigenvalue weighted by Crippen LogP contribution is -2.70. The Bertz CT molecular complexity index is 1180. The van der Waals surface area contributed by atoms with E-state index in [1.54, 1.807) is 13.8 Å². The van der Waals surface area contributed by atoms with Crippen LogP contribution >= 0.6 is 0 Å². The van der Waals surface area contributed by atoms with Crippen LogP contribution in [0.5, 0.6) is 0 Å². The van der Waals surface area contributed by atoms with E-state index in [0.717, 1.165) is 65.0 Å². The zero-order valence-electron chi connectivity index (χ0n) is 28.7. The maximum Gasteiger partial charge on any atom is 0.170 e. The van der Waals surface area contributed by atoms with Crippen molar-refractivity contribution in [3.63, 3.8) is 0 Å². The van der Waals surface area contributed by atoms with Gasteiger partial charge in [0.15, 0.2) is 6.29 Å². The molecule has 6 N–H and O–H groups in total. The van der Waals surface area contributed by atoms with Crippen molar-refractivity contribution in [2.24, 2.45) is 56.8 Å². The predicted molar refractivity (Wildman–Crippen MR) is 170 cm³/mol. The highest BCUT2D eigenvalue weighted by atomic mass is 16.7. The number of morpholine rings is 1. The largest absolute Gasteiger partial charge is 0.389 e. The fourth-order valence-corrected chi connectivity index (χ4v) is 13.5. The maximum atomic E-state index is 12.3. The van der Waals surface area contributed by atoms with Gasteiger partial charge in [-0.25, -0.2) is 0 Å². The summed E-state index contributed by atoms with van der Waals surface area (Å²) in [7, 11) is 0. The third kappa shape index (κ3) is 4.11. The van der Waals surface area contributed by atoms with E-state index in [1.807, 2.05) is 0 Å². The first-order valence-corrected chi connectivity index (χ1v) is 18.3. The zero-order valence-corrected chi connectivity index (χ0v) is 28.7. The zero-order chi connectivity index (χ0) is 31.9. The Kier molecular flexibility index (Phi) is 7.15. The minimum Gasteiger partial charge on any atom is -0.389 e. The van der Waals surface area contributed by atoms with E-state index in [4.69, 9.17) is 30.4 Å². The molecule has 2 spiro atoms. The van der Waals surface area contributed by atoms with Gasteiger partial charge in [-0.2, -0.15) is 0 Å². The van der Waals surface area contributed by atoms with E-state index >= 15 is 0 Å². The quantitative estimate of drug-likeness (QED) is 0.362. The van der Waals surface area contributed by atoms with Gasteiger partial charge in [-0.05, 0) is 111 Å². The van der Waals surface area contributed by atoms with Crippen LogP contribution < -0.4 is 11.5 Å². The summed E-state index contributed by atoms with van der Waals surface area (Å²) in [5.41, 5.74) is 12.9. The van der Waals surface area contributed by atoms with Crippen LogP contribution in [0.1, 0.15) is 92.9 Å². The van der Waals surface area contributed by atoms with E-state index < -0.39 is 23.3 Å². The average molecular weight is 632 g/mol. The highest BCUT2D eigenvalue weighted by Crippen LogP contribution is 2.87. The monoisotopic (exact) mass is 631 g/mol. The number of fused-ring (bicyclic) bond motifs is 4. The number of aliphatic hydroxyl groups excluding tert-OH is 1. The van der Waals surface area contributed by atoms with Crippen LogP contribution in [0.2, 0.25) is 0 Å². The second kappa shape index (κ2) is 10.1. The van der Waals surface area contributed by atoms with Gasteiger partial charge in [-0.3, -0.25) is 4.90 Å². The predicted octanol–water partition coefficient (Wildman–Crippen LogP) is 3.03. The van der Waals surface area contributed by atoms with Crippen LogP contribution in [0.3, 0.4) is 0 Å². The molecule has 8 aliphatic rings. The van der Waals surface area contributed by atoms with Crippen molar-refractivity contribution in [1.29, 1.82) is 0 Å². The Morgan fingerprint density at radius 3 is 2.42 bits per heavy atom. The summed E-state index contributed by atoms with van der Waals surface area (Å²) in [5.74, 6) is 1.37. The number of aliphatic hydroxyl groups is 2. The molecule has 14 unspecified atom stereocenters. The van der Waals surface area contributed by atoms with Gasteiger partial charge in [-0.15, -0.1) is 0 Å². The van der Waals surface area contributed by atoms with Gasteiger partial charge < -0.3 is 40.6 Å². The Morgan fingerprint density at radius 2 is 1.73 bits per heavy atom. The Morgan fingerprint density at radius 1 is 1.02 bits per heavy atom. The minimum absolute atomic E-state index is 0.0425. The molecule has 8 rings (SSSR count). The van der Waals surface area contributed by atoms with Crippen LogP contribution in [0.25, 0.3) is 0 Å². The van der Waals surface area contributed by atoms with Crippen molar-refractivity contribution in [3.05, 3.63) is 0 Å². The summed E-state index contributed by atoms with van der Waals surface area (Å²) in [6.45, 7) is 17.3. The van der Waals surface area contributed by atoms with Crippen molar-refractivity contribution >= 4 is 0 Å². The lowest BCUT2D eigenvalue weighted by Gasteiger charge is -2.63. The standard InChI is InChI=1S/C36H61N3O6/c1-20-15-22(29(37)32(4,5)41)44-28-27(20)33(6)11-12-35-19-34(35)10-9-25(45-26-16-39(13-14-43-26)21-17-42-18-21)31(2,3)23(34)7-8-24(35)36(33,38)30(28)40/h20-30,40-41H,7-19,37-38H2,1-6H3. The summed E-state index contributed by atoms with van der Waals surface area (Å²) in [4.78, 5) is 2.49. The van der Waals surface area contributed by atoms with Crippen molar-refractivity contribution in [2.45, 2.75) is 147 Å². The number of hydrogen-bond acceptors (Lipinski definition) is 9. The first-order chi connectivity index (χ1) is 21.1. The highest BCUT2D eigenvalue weighted by Gasteiger charge is 2.85. The minimum atomic E-state index is -1.05. The number of hydrogen-bond donors (Lipinski definition) is 4. The fourth-order valence-electron chi connectivity index (χ4n) is 13.5. The van der Waals surface area contributed by atoms with E-state index in [0.29, 0.717) is 17.9 Å². The van der Waals surface area contributed by atoms with Crippen LogP contribution in [-0.4, -0.2) is 102 Å². The molecule has 0 aromatic rings. The van der Waals surface area contributed by atoms with E-state index in [2.05, 4.69) is 32.6 Å². The molecule has 0 amide bonds. The third-order valence-corrected chi connectivity index (χ3v) is 16.0. The molecule has 45 heavy (non-hydrogen) atoms. The number of nitrogens with two attached hydrogens (primary N) is 2. The highest BCUT2D eigenvalue weighted by molar-refractivity contribution is 5.35. The Hall–Kier alpha value is -0.360. The molecule has 0 aromatic heterocycles. The van der Waals surface area contributed by atoms with Gasteiger partial charge in [0, 0.05) is 6.54 Å². The smallest absolute Gasteiger partial charge is 0.170 e. The first kappa shape index (κ1) is 31.9. The van der Waals surface area contributed by atoms with Crippen molar-refractivity contribution in [1.82, 2.24) is 4.90 Å². The lowest BCUT2D eigenvalue weighted by molar-refractivity contribution is -0.254. The molecule has 8 fully saturated rings. The van der Waals surface area contributed by atoms with Crippen LogP contribution in [0.4, 0.5) is 0 Å². The third-order valence-electron chi connectivity index (χ3n) is 16.0. The van der Waals surface area contributed by atoms with Crippen LogP contribution in [-0.2, 0) is 18.9 Å². The molecule has 0 radical (unpaired) electrons. The van der Waals surface area contributed by atoms with E-state index in [1.165, 1.54) is 19.3 Å². The fraction of sp³-hybridized carbons (Fsp3) is 1.00. The molecule has 3 heterocycles. The lowest BCUT2D eigenvalue weighted by atomic mass is 9.43. The molecule has 0 bridgehead atoms. The van der Waals surface area contributed by atoms with E-state index in [-0.39, 0.29) is 58.1 Å². The maximum absolute atomic E-state index is 12.3. The van der Waals surface area contributed by atoms with Crippen LogP contribution in [0, 0.1) is 45.3 Å². The van der Waals surface area contributed by atoms with E-state index in [9.17, 15) is 10.2 Å². The molecule has 5 saturated carbocycles. The van der Waals surface area contributed by atoms with Crippen molar-refractivity contribution in [2.75, 3.05) is 32.9 Å². The molecule has 9 heteroatoms. The molecule has 256 valence electrons. The molecule has 5 aliphatic carbocycles. The molecule has 3 aliphatic heterocycles. The molecule has 14 atom stereocenters. The van der Waals surface area contributed by atoms with Crippen molar-refractivity contribution in [3.8, 4) is 0 Å². The Labute approximate surface area is 270 Å². The van der Waals surface area contributed by atoms with Gasteiger partial charge in [0.25, 0.3) is 0 Å². The SMILES string of the molecule is CC1CC(C(N)C(C)(C)O)OC2C1C1(C)CCC34CC35CCC(OC3CN(C6COC6)CCO3)C(C)(C)C5CCC4C1(N)C2O. The number of ether oxygens (including phenoxy) is 4. The van der Waals surface area contributed by atoms with Gasteiger partial charge in [-0.1, -0.05) is 27.7 Å². The molecular weight excluding hydrogens is 570 g/mol. The molecule has 9 nitrogen and oxygen atoms in total. The summed E-state index contributed by atoms with van der Waals surface area (Å²) < 4.78 is 25.2. The first-order valence-electron chi connectivity index (χ1n) is 18.3. The molecular formula is C36H61N3O6. The van der Waals surface area contributed by atoms with Gasteiger partial charge in [0.2, 0.25) is 0 Å². The van der Waals surface area contributed by atoms with Gasteiger partial charge in [0.05, 0.1) is 74.0 Å². The summed E-state index contributed by atoms with van der Waals surface area (Å²) in [6.07, 6.45) is 7.34. The Balaban J connectivity index is 1.03. The molecule has 3 saturated heterocycles. The number of nitrogens with zero attached hydrogens (tertiary/aromatic N) is 1. The molecule has 0 aromatic carbocycles. The summed E-state index contributed by atoms with van der Waals surface area (Å²) >= 11 is 0. The second-order valence-electron chi connectivity index (χ2n) is 18.5. The number of rotatable bonds is 5. The normalized spacial score (nSPS) is 54.9. The topological polar surface area (TPSA) is 133 Å². The van der Waals surface area contributed by atoms with Crippen molar-refractivity contribution < 1.29 is 29.2 Å². The summed E-state index contributed by atoms with van der Waals surface area (Å²) in [5, 5.41) is 23.1. The summed E-state index contributed by atoms with van der Waals surface area (Å²) in [6, 6.07) is -0.00297. The second-order valence-corrected chi connectivity index (χ2v) is 18.5. The van der Waals surface area contributed by atoms with Gasteiger partial charge >= 0.3 is 0 Å². The van der Waals surface area contributed by atoms with Gasteiger partial charge in [0.1, 0.15) is 0 Å². The average Bonchev–Trinajstić information content (AvgIpc) is 3.57.